The van der Waals surface area contributed by atoms with Gasteiger partial charge in [-0.3, -0.25) is 4.79 Å². The summed E-state index contributed by atoms with van der Waals surface area (Å²) in [5, 5.41) is 3.12. The minimum atomic E-state index is 0.0600. The van der Waals surface area contributed by atoms with Crippen LogP contribution in [0.15, 0.2) is 48.7 Å². The zero-order chi connectivity index (χ0) is 15.8. The average molecular weight is 425 g/mol. The predicted octanol–water partition coefficient (Wildman–Crippen LogP) is 5.89. The van der Waals surface area contributed by atoms with Crippen molar-refractivity contribution in [2.24, 2.45) is 0 Å². The molecule has 0 saturated heterocycles. The first-order valence-corrected chi connectivity index (χ1v) is 9.40. The molecule has 1 aromatic heterocycles. The van der Waals surface area contributed by atoms with Gasteiger partial charge < -0.3 is 5.32 Å². The molecule has 1 N–H and O–H groups in total. The van der Waals surface area contributed by atoms with Crippen LogP contribution in [0.1, 0.15) is 40.7 Å². The summed E-state index contributed by atoms with van der Waals surface area (Å²) in [5.41, 5.74) is 0.982. The number of unbranched alkanes of at least 4 members (excludes halogenated alkanes) is 2. The van der Waals surface area contributed by atoms with Crippen LogP contribution >= 0.6 is 33.9 Å². The number of nitrogens with one attached hydrogen (secondary N) is 1. The number of hydrogen-bond donors (Lipinski definition) is 1. The Hall–Kier alpha value is -1.14. The Morgan fingerprint density at radius 2 is 1.95 bits per heavy atom. The SMILES string of the molecule is CCCCCc1ccc(C(=O)/C=C\Nc2ccc(I)cc2)s1. The van der Waals surface area contributed by atoms with Crippen molar-refractivity contribution < 1.29 is 4.79 Å². The van der Waals surface area contributed by atoms with Gasteiger partial charge in [0.25, 0.3) is 0 Å². The molecule has 1 aromatic carbocycles. The summed E-state index contributed by atoms with van der Waals surface area (Å²) in [7, 11) is 0. The molecule has 22 heavy (non-hydrogen) atoms. The summed E-state index contributed by atoms with van der Waals surface area (Å²) < 4.78 is 1.19. The molecule has 0 amide bonds. The Labute approximate surface area is 149 Å². The second-order valence-electron chi connectivity index (χ2n) is 5.07. The molecule has 0 bridgehead atoms. The van der Waals surface area contributed by atoms with Gasteiger partial charge in [0.05, 0.1) is 4.88 Å². The van der Waals surface area contributed by atoms with Gasteiger partial charge in [-0.1, -0.05) is 19.8 Å². The van der Waals surface area contributed by atoms with E-state index < -0.39 is 0 Å². The second kappa shape index (κ2) is 9.10. The van der Waals surface area contributed by atoms with E-state index in [1.807, 2.05) is 30.3 Å². The van der Waals surface area contributed by atoms with Crippen molar-refractivity contribution in [3.05, 3.63) is 62.0 Å². The van der Waals surface area contributed by atoms with E-state index >= 15 is 0 Å². The molecule has 0 saturated carbocycles. The van der Waals surface area contributed by atoms with Gasteiger partial charge >= 0.3 is 0 Å². The van der Waals surface area contributed by atoms with Crippen molar-refractivity contribution in [3.8, 4) is 0 Å². The molecule has 116 valence electrons. The van der Waals surface area contributed by atoms with E-state index in [0.29, 0.717) is 0 Å². The van der Waals surface area contributed by atoms with Crippen molar-refractivity contribution >= 4 is 45.4 Å². The molecular weight excluding hydrogens is 405 g/mol. The lowest BCUT2D eigenvalue weighted by Crippen LogP contribution is -1.93. The second-order valence-corrected chi connectivity index (χ2v) is 7.49. The first-order valence-electron chi connectivity index (χ1n) is 7.50. The van der Waals surface area contributed by atoms with Gasteiger partial charge in [-0.15, -0.1) is 11.3 Å². The first-order chi connectivity index (χ1) is 10.7. The van der Waals surface area contributed by atoms with Crippen LogP contribution in [0.3, 0.4) is 0 Å². The fraction of sp³-hybridized carbons (Fsp3) is 0.278. The van der Waals surface area contributed by atoms with E-state index in [9.17, 15) is 4.79 Å². The van der Waals surface area contributed by atoms with E-state index in [4.69, 9.17) is 0 Å². The van der Waals surface area contributed by atoms with E-state index in [1.165, 1.54) is 27.7 Å². The Kier molecular flexibility index (Phi) is 7.12. The fourth-order valence-electron chi connectivity index (χ4n) is 2.04. The van der Waals surface area contributed by atoms with Crippen LogP contribution in [-0.4, -0.2) is 5.78 Å². The normalized spacial score (nSPS) is 11.0. The number of carbonyl (C=O) groups is 1. The molecule has 2 rings (SSSR count). The summed E-state index contributed by atoms with van der Waals surface area (Å²) in [6, 6.07) is 12.1. The number of anilines is 1. The maximum absolute atomic E-state index is 12.1. The number of allylic oxidation sites excluding steroid dienone is 1. The largest absolute Gasteiger partial charge is 0.362 e. The van der Waals surface area contributed by atoms with Gasteiger partial charge in [-0.05, 0) is 71.8 Å². The minimum absolute atomic E-state index is 0.0600. The topological polar surface area (TPSA) is 29.1 Å². The third-order valence-electron chi connectivity index (χ3n) is 3.26. The lowest BCUT2D eigenvalue weighted by atomic mass is 10.2. The van der Waals surface area contributed by atoms with Gasteiger partial charge in [0.15, 0.2) is 5.78 Å². The predicted molar refractivity (Wildman–Crippen MR) is 104 cm³/mol. The Bertz CT molecular complexity index is 631. The van der Waals surface area contributed by atoms with E-state index in [1.54, 1.807) is 23.6 Å². The quantitative estimate of drug-likeness (QED) is 0.247. The molecule has 0 unspecified atom stereocenters. The number of ketones is 1. The standard InChI is InChI=1S/C18H20INOS/c1-2-3-4-5-16-10-11-18(22-16)17(21)12-13-20-15-8-6-14(19)7-9-15/h6-13,20H,2-5H2,1H3/b13-12-. The van der Waals surface area contributed by atoms with Crippen LogP contribution in [0.4, 0.5) is 5.69 Å². The molecule has 0 aliphatic rings. The monoisotopic (exact) mass is 425 g/mol. The van der Waals surface area contributed by atoms with E-state index in [2.05, 4.69) is 40.9 Å². The van der Waals surface area contributed by atoms with Crippen molar-refractivity contribution in [3.63, 3.8) is 0 Å². The van der Waals surface area contributed by atoms with Crippen LogP contribution in [-0.2, 0) is 6.42 Å². The van der Waals surface area contributed by atoms with Crippen molar-refractivity contribution in [2.75, 3.05) is 5.32 Å². The molecule has 2 aromatic rings. The number of halogens is 1. The van der Waals surface area contributed by atoms with Crippen LogP contribution in [0.2, 0.25) is 0 Å². The van der Waals surface area contributed by atoms with Crippen LogP contribution in [0.5, 0.6) is 0 Å². The van der Waals surface area contributed by atoms with Crippen LogP contribution < -0.4 is 5.32 Å². The summed E-state index contributed by atoms with van der Waals surface area (Å²) in [4.78, 5) is 14.2. The lowest BCUT2D eigenvalue weighted by Gasteiger charge is -1.99. The van der Waals surface area contributed by atoms with Gasteiger partial charge in [-0.25, -0.2) is 0 Å². The summed E-state index contributed by atoms with van der Waals surface area (Å²) >= 11 is 3.88. The number of benzene rings is 1. The summed E-state index contributed by atoms with van der Waals surface area (Å²) in [6.45, 7) is 2.20. The number of thiophene rings is 1. The maximum Gasteiger partial charge on any atom is 0.197 e. The average Bonchev–Trinajstić information content (AvgIpc) is 2.98. The molecule has 0 aliphatic carbocycles. The van der Waals surface area contributed by atoms with E-state index in [-0.39, 0.29) is 5.78 Å². The molecule has 4 heteroatoms. The maximum atomic E-state index is 12.1. The van der Waals surface area contributed by atoms with Crippen LogP contribution in [0.25, 0.3) is 0 Å². The molecule has 0 atom stereocenters. The highest BCUT2D eigenvalue weighted by Crippen LogP contribution is 2.20. The highest BCUT2D eigenvalue weighted by Gasteiger charge is 2.06. The third-order valence-corrected chi connectivity index (χ3v) is 5.14. The van der Waals surface area contributed by atoms with Gasteiger partial charge in [0, 0.05) is 26.4 Å². The summed E-state index contributed by atoms with van der Waals surface area (Å²) in [5.74, 6) is 0.0600. The molecule has 0 aliphatic heterocycles. The molecule has 2 nitrogen and oxygen atoms in total. The van der Waals surface area contributed by atoms with Gasteiger partial charge in [-0.2, -0.15) is 0 Å². The smallest absolute Gasteiger partial charge is 0.197 e. The number of aryl methyl sites for hydroxylation is 1. The molecule has 0 spiro atoms. The molecule has 1 heterocycles. The lowest BCUT2D eigenvalue weighted by molar-refractivity contribution is 0.105. The highest BCUT2D eigenvalue weighted by atomic mass is 127. The summed E-state index contributed by atoms with van der Waals surface area (Å²) in [6.07, 6.45) is 8.07. The Morgan fingerprint density at radius 3 is 2.68 bits per heavy atom. The molecule has 0 radical (unpaired) electrons. The third kappa shape index (κ3) is 5.57. The molecule has 0 fully saturated rings. The zero-order valence-electron chi connectivity index (χ0n) is 12.6. The van der Waals surface area contributed by atoms with Crippen molar-refractivity contribution in [2.45, 2.75) is 32.6 Å². The van der Waals surface area contributed by atoms with Crippen molar-refractivity contribution in [1.82, 2.24) is 0 Å². The van der Waals surface area contributed by atoms with Gasteiger partial charge in [0.2, 0.25) is 0 Å². The van der Waals surface area contributed by atoms with Gasteiger partial charge in [0.1, 0.15) is 0 Å². The number of hydrogen-bond acceptors (Lipinski definition) is 3. The number of carbonyl (C=O) groups excluding carboxylic acids is 1. The zero-order valence-corrected chi connectivity index (χ0v) is 15.6. The number of rotatable bonds is 8. The Morgan fingerprint density at radius 1 is 1.18 bits per heavy atom. The van der Waals surface area contributed by atoms with E-state index in [0.717, 1.165) is 17.0 Å². The van der Waals surface area contributed by atoms with Crippen molar-refractivity contribution in [1.29, 1.82) is 0 Å². The highest BCUT2D eigenvalue weighted by molar-refractivity contribution is 14.1. The fourth-order valence-corrected chi connectivity index (χ4v) is 3.37. The minimum Gasteiger partial charge on any atom is -0.362 e. The van der Waals surface area contributed by atoms with Crippen LogP contribution in [0, 0.1) is 3.57 Å². The Balaban J connectivity index is 1.86. The molecular formula is C18H20INOS. The first kappa shape index (κ1) is 17.2.